The maximum absolute atomic E-state index is 14.5. The molecule has 0 bridgehead atoms. The second-order valence-electron chi connectivity index (χ2n) is 13.8. The van der Waals surface area contributed by atoms with Gasteiger partial charge >= 0.3 is 12.1 Å². The van der Waals surface area contributed by atoms with E-state index in [0.29, 0.717) is 24.0 Å². The van der Waals surface area contributed by atoms with E-state index in [1.54, 1.807) is 65.8 Å². The molecule has 2 aromatic carbocycles. The number of carbonyl (C=O) groups is 4. The summed E-state index contributed by atoms with van der Waals surface area (Å²) in [6.07, 6.45) is 7.00. The van der Waals surface area contributed by atoms with Crippen LogP contribution in [0.15, 0.2) is 54.6 Å². The molecule has 0 aliphatic heterocycles. The molecule has 0 fully saturated rings. The summed E-state index contributed by atoms with van der Waals surface area (Å²) in [6, 6.07) is 13.0. The standard InChI is InChI=1S/C38H53N3O6/c1-11-14-24-41(34(43)31(26(4)12-2)40-36(45)47-38(8,9)10)32(29-22-20-27(13-3)21-23-29)33(42)39-30(35(44)46-37(5,6)7)25-28-18-16-15-17-19-28/h3,15-23,26,30-32H,11-12,14,24-25H2,1-2,4-10H3,(H,39,42)(H,40,45). The highest BCUT2D eigenvalue weighted by Crippen LogP contribution is 2.26. The third kappa shape index (κ3) is 12.8. The number of unbranched alkanes of at least 4 members (excludes halogenated alkanes) is 1. The largest absolute Gasteiger partial charge is 0.458 e. The number of hydrogen-bond acceptors (Lipinski definition) is 6. The fraction of sp³-hybridized carbons (Fsp3) is 0.526. The molecule has 0 aliphatic carbocycles. The molecule has 0 saturated heterocycles. The number of rotatable bonds is 14. The zero-order valence-corrected chi connectivity index (χ0v) is 29.5. The SMILES string of the molecule is C#Cc1ccc(C(C(=O)NC(Cc2ccccc2)C(=O)OC(C)(C)C)N(CCCC)C(=O)C(NC(=O)OC(C)(C)C)C(C)CC)cc1. The summed E-state index contributed by atoms with van der Waals surface area (Å²) in [6.45, 7) is 16.5. The molecule has 2 N–H and O–H groups in total. The Morgan fingerprint density at radius 2 is 1.47 bits per heavy atom. The molecule has 2 rings (SSSR count). The second kappa shape index (κ2) is 17.6. The smallest absolute Gasteiger partial charge is 0.408 e. The van der Waals surface area contributed by atoms with Crippen molar-refractivity contribution in [3.63, 3.8) is 0 Å². The summed E-state index contributed by atoms with van der Waals surface area (Å²) in [7, 11) is 0. The Balaban J connectivity index is 2.64. The third-order valence-electron chi connectivity index (χ3n) is 7.43. The van der Waals surface area contributed by atoms with Crippen molar-refractivity contribution >= 4 is 23.9 Å². The van der Waals surface area contributed by atoms with Crippen molar-refractivity contribution in [2.45, 2.75) is 117 Å². The Morgan fingerprint density at radius 3 is 1.98 bits per heavy atom. The molecule has 0 saturated carbocycles. The highest BCUT2D eigenvalue weighted by molar-refractivity contribution is 5.94. The predicted octanol–water partition coefficient (Wildman–Crippen LogP) is 6.35. The lowest BCUT2D eigenvalue weighted by molar-refractivity contribution is -0.159. The molecule has 9 heteroatoms. The summed E-state index contributed by atoms with van der Waals surface area (Å²) in [5, 5.41) is 5.70. The number of carbonyl (C=O) groups excluding carboxylic acids is 4. The van der Waals surface area contributed by atoms with Crippen LogP contribution in [-0.2, 0) is 30.3 Å². The number of ether oxygens (including phenoxy) is 2. The van der Waals surface area contributed by atoms with Gasteiger partial charge in [0.25, 0.3) is 0 Å². The summed E-state index contributed by atoms with van der Waals surface area (Å²) >= 11 is 0. The number of amides is 3. The fourth-order valence-electron chi connectivity index (χ4n) is 4.89. The number of nitrogens with zero attached hydrogens (tertiary/aromatic N) is 1. The van der Waals surface area contributed by atoms with E-state index in [9.17, 15) is 19.2 Å². The molecule has 9 nitrogen and oxygen atoms in total. The normalized spacial score (nSPS) is 14.0. The lowest BCUT2D eigenvalue weighted by Crippen LogP contribution is -2.56. The Bertz CT molecular complexity index is 1370. The van der Waals surface area contributed by atoms with Crippen molar-refractivity contribution < 1.29 is 28.7 Å². The highest BCUT2D eigenvalue weighted by Gasteiger charge is 2.39. The van der Waals surface area contributed by atoms with E-state index < -0.39 is 53.2 Å². The van der Waals surface area contributed by atoms with Crippen LogP contribution in [0.25, 0.3) is 0 Å². The first-order chi connectivity index (χ1) is 22.0. The molecule has 4 atom stereocenters. The van der Waals surface area contributed by atoms with Crippen LogP contribution in [0.5, 0.6) is 0 Å². The summed E-state index contributed by atoms with van der Waals surface area (Å²) in [5.74, 6) is 0.719. The topological polar surface area (TPSA) is 114 Å². The van der Waals surface area contributed by atoms with Gasteiger partial charge in [0.1, 0.15) is 29.3 Å². The maximum Gasteiger partial charge on any atom is 0.408 e. The van der Waals surface area contributed by atoms with Gasteiger partial charge in [-0.2, -0.15) is 0 Å². The van der Waals surface area contributed by atoms with Gasteiger partial charge in [-0.25, -0.2) is 9.59 Å². The molecule has 256 valence electrons. The van der Waals surface area contributed by atoms with Crippen LogP contribution in [0.4, 0.5) is 4.79 Å². The lowest BCUT2D eigenvalue weighted by Gasteiger charge is -2.36. The van der Waals surface area contributed by atoms with Crippen LogP contribution >= 0.6 is 0 Å². The minimum absolute atomic E-state index is 0.183. The van der Waals surface area contributed by atoms with Gasteiger partial charge in [0, 0.05) is 18.5 Å². The Kier molecular flexibility index (Phi) is 14.5. The molecule has 0 radical (unpaired) electrons. The van der Waals surface area contributed by atoms with E-state index in [4.69, 9.17) is 15.9 Å². The van der Waals surface area contributed by atoms with E-state index >= 15 is 0 Å². The van der Waals surface area contributed by atoms with Gasteiger partial charge in [0.2, 0.25) is 11.8 Å². The second-order valence-corrected chi connectivity index (χ2v) is 13.8. The zero-order chi connectivity index (χ0) is 35.4. The first-order valence-electron chi connectivity index (χ1n) is 16.4. The molecule has 0 aromatic heterocycles. The predicted molar refractivity (Wildman–Crippen MR) is 184 cm³/mol. The molecular weight excluding hydrogens is 594 g/mol. The zero-order valence-electron chi connectivity index (χ0n) is 29.5. The number of terminal acetylenes is 1. The van der Waals surface area contributed by atoms with E-state index in [-0.39, 0.29) is 18.9 Å². The average Bonchev–Trinajstić information content (AvgIpc) is 2.99. The van der Waals surface area contributed by atoms with Crippen LogP contribution in [0.1, 0.15) is 104 Å². The van der Waals surface area contributed by atoms with Crippen LogP contribution in [0, 0.1) is 18.3 Å². The van der Waals surface area contributed by atoms with Gasteiger partial charge in [0.15, 0.2) is 0 Å². The number of benzene rings is 2. The molecule has 0 spiro atoms. The van der Waals surface area contributed by atoms with Crippen LogP contribution in [-0.4, -0.2) is 58.6 Å². The van der Waals surface area contributed by atoms with Crippen molar-refractivity contribution in [3.05, 3.63) is 71.3 Å². The van der Waals surface area contributed by atoms with Crippen molar-refractivity contribution in [1.29, 1.82) is 0 Å². The van der Waals surface area contributed by atoms with E-state index in [0.717, 1.165) is 12.0 Å². The number of nitrogens with one attached hydrogen (secondary N) is 2. The van der Waals surface area contributed by atoms with Gasteiger partial charge in [-0.1, -0.05) is 82.0 Å². The molecule has 4 unspecified atom stereocenters. The van der Waals surface area contributed by atoms with E-state index in [1.807, 2.05) is 51.1 Å². The quantitative estimate of drug-likeness (QED) is 0.183. The van der Waals surface area contributed by atoms with Crippen molar-refractivity contribution in [1.82, 2.24) is 15.5 Å². The Morgan fingerprint density at radius 1 is 0.872 bits per heavy atom. The van der Waals surface area contributed by atoms with E-state index in [1.165, 1.54) is 4.90 Å². The molecule has 47 heavy (non-hydrogen) atoms. The Labute approximate surface area is 281 Å². The van der Waals surface area contributed by atoms with Crippen LogP contribution in [0.3, 0.4) is 0 Å². The van der Waals surface area contributed by atoms with Gasteiger partial charge in [0.05, 0.1) is 0 Å². The third-order valence-corrected chi connectivity index (χ3v) is 7.43. The highest BCUT2D eigenvalue weighted by atomic mass is 16.6. The minimum Gasteiger partial charge on any atom is -0.458 e. The summed E-state index contributed by atoms with van der Waals surface area (Å²) in [4.78, 5) is 56.9. The summed E-state index contributed by atoms with van der Waals surface area (Å²) in [5.41, 5.74) is 0.385. The van der Waals surface area contributed by atoms with Crippen molar-refractivity contribution in [2.24, 2.45) is 5.92 Å². The average molecular weight is 648 g/mol. The van der Waals surface area contributed by atoms with Gasteiger partial charge < -0.3 is 25.0 Å². The lowest BCUT2D eigenvalue weighted by atomic mass is 9.95. The molecule has 2 aromatic rings. The number of esters is 1. The van der Waals surface area contributed by atoms with Crippen LogP contribution in [0.2, 0.25) is 0 Å². The first-order valence-corrected chi connectivity index (χ1v) is 16.4. The minimum atomic E-state index is -1.14. The monoisotopic (exact) mass is 647 g/mol. The number of alkyl carbamates (subject to hydrolysis) is 1. The molecular formula is C38H53N3O6. The van der Waals surface area contributed by atoms with Gasteiger partial charge in [-0.05, 0) is 77.1 Å². The molecule has 3 amide bonds. The Hall–Kier alpha value is -4.32. The fourth-order valence-corrected chi connectivity index (χ4v) is 4.89. The van der Waals surface area contributed by atoms with Crippen molar-refractivity contribution in [2.75, 3.05) is 6.54 Å². The van der Waals surface area contributed by atoms with Gasteiger partial charge in [-0.3, -0.25) is 9.59 Å². The van der Waals surface area contributed by atoms with E-state index in [2.05, 4.69) is 16.6 Å². The number of hydrogen-bond donors (Lipinski definition) is 2. The molecule has 0 aliphatic rings. The van der Waals surface area contributed by atoms with Crippen molar-refractivity contribution in [3.8, 4) is 12.3 Å². The van der Waals surface area contributed by atoms with Crippen LogP contribution < -0.4 is 10.6 Å². The molecule has 0 heterocycles. The summed E-state index contributed by atoms with van der Waals surface area (Å²) < 4.78 is 11.2. The first kappa shape index (κ1) is 38.9. The maximum atomic E-state index is 14.5. The van der Waals surface area contributed by atoms with Gasteiger partial charge in [-0.15, -0.1) is 6.42 Å².